The molecule has 0 bridgehead atoms. The van der Waals surface area contributed by atoms with Crippen LogP contribution in [0.1, 0.15) is 30.5 Å². The Hall–Kier alpha value is -1.79. The number of aryl methyl sites for hydroxylation is 1. The van der Waals surface area contributed by atoms with E-state index >= 15 is 0 Å². The van der Waals surface area contributed by atoms with E-state index in [1.165, 1.54) is 0 Å². The van der Waals surface area contributed by atoms with Gasteiger partial charge in [0.1, 0.15) is 0 Å². The fourth-order valence-electron chi connectivity index (χ4n) is 2.89. The van der Waals surface area contributed by atoms with E-state index in [9.17, 15) is 9.59 Å². The van der Waals surface area contributed by atoms with Crippen LogP contribution in [0.2, 0.25) is 0 Å². The smallest absolute Gasteiger partial charge is 0.312 e. The molecule has 1 unspecified atom stereocenters. The van der Waals surface area contributed by atoms with Crippen LogP contribution in [0.3, 0.4) is 0 Å². The number of hydrogen-bond donors (Lipinski definition) is 3. The molecule has 1 aromatic carbocycles. The molecule has 0 saturated carbocycles. The van der Waals surface area contributed by atoms with Gasteiger partial charge in [-0.25, -0.2) is 4.79 Å². The highest BCUT2D eigenvalue weighted by Gasteiger charge is 2.26. The maximum absolute atomic E-state index is 12.6. The maximum atomic E-state index is 12.6. The van der Waals surface area contributed by atoms with Crippen LogP contribution in [0, 0.1) is 6.92 Å². The van der Waals surface area contributed by atoms with Gasteiger partial charge >= 0.3 is 6.03 Å². The molecule has 1 heterocycles. The van der Waals surface area contributed by atoms with Crippen molar-refractivity contribution in [1.29, 1.82) is 0 Å². The molecule has 4 N–H and O–H groups in total. The Morgan fingerprint density at radius 1 is 1.43 bits per heavy atom. The molecule has 2 atom stereocenters. The largest absolute Gasteiger partial charge is 0.352 e. The maximum Gasteiger partial charge on any atom is 0.312 e. The van der Waals surface area contributed by atoms with Crippen LogP contribution < -0.4 is 16.4 Å². The third-order valence-corrected chi connectivity index (χ3v) is 4.08. The number of carbonyl (C=O) groups excluding carboxylic acids is 2. The molecular formula is C16H25ClN4O2. The second kappa shape index (κ2) is 8.74. The number of hydrogen-bond acceptors (Lipinski definition) is 3. The van der Waals surface area contributed by atoms with Gasteiger partial charge in [-0.3, -0.25) is 4.79 Å². The van der Waals surface area contributed by atoms with Crippen molar-refractivity contribution in [2.75, 3.05) is 19.6 Å². The van der Waals surface area contributed by atoms with Crippen molar-refractivity contribution in [2.24, 2.45) is 5.73 Å². The Morgan fingerprint density at radius 3 is 2.74 bits per heavy atom. The normalized spacial score (nSPS) is 18.7. The van der Waals surface area contributed by atoms with Crippen molar-refractivity contribution < 1.29 is 9.59 Å². The standard InChI is InChI=1S/C16H24N4O2.ClH/c1-11-5-3-4-6-13(11)14(19-16(17)22)9-15(21)20-8-7-18-10-12(20)2;/h3-6,12,14,18H,7-10H2,1-2H3,(H3,17,19,22);1H/t12-,14?;/m0./s1. The van der Waals surface area contributed by atoms with Gasteiger partial charge in [0.05, 0.1) is 12.5 Å². The van der Waals surface area contributed by atoms with Gasteiger partial charge in [0.2, 0.25) is 5.91 Å². The van der Waals surface area contributed by atoms with Gasteiger partial charge in [-0.05, 0) is 25.0 Å². The van der Waals surface area contributed by atoms with E-state index < -0.39 is 12.1 Å². The van der Waals surface area contributed by atoms with Crippen LogP contribution in [-0.2, 0) is 4.79 Å². The number of urea groups is 1. The minimum atomic E-state index is -0.616. The highest BCUT2D eigenvalue weighted by Crippen LogP contribution is 2.22. The van der Waals surface area contributed by atoms with Gasteiger partial charge in [0.15, 0.2) is 0 Å². The zero-order chi connectivity index (χ0) is 16.1. The summed E-state index contributed by atoms with van der Waals surface area (Å²) in [6.45, 7) is 6.27. The predicted octanol–water partition coefficient (Wildman–Crippen LogP) is 1.34. The van der Waals surface area contributed by atoms with Crippen molar-refractivity contribution in [2.45, 2.75) is 32.4 Å². The summed E-state index contributed by atoms with van der Waals surface area (Å²) in [7, 11) is 0. The Labute approximate surface area is 143 Å². The summed E-state index contributed by atoms with van der Waals surface area (Å²) >= 11 is 0. The fourth-order valence-corrected chi connectivity index (χ4v) is 2.89. The van der Waals surface area contributed by atoms with E-state index in [-0.39, 0.29) is 30.8 Å². The number of rotatable bonds is 4. The first-order valence-corrected chi connectivity index (χ1v) is 7.60. The number of nitrogens with one attached hydrogen (secondary N) is 2. The number of benzene rings is 1. The van der Waals surface area contributed by atoms with Crippen LogP contribution in [-0.4, -0.2) is 42.5 Å². The molecule has 0 spiro atoms. The van der Waals surface area contributed by atoms with Gasteiger partial charge in [0.25, 0.3) is 0 Å². The van der Waals surface area contributed by atoms with Crippen LogP contribution >= 0.6 is 12.4 Å². The van der Waals surface area contributed by atoms with Crippen molar-refractivity contribution >= 4 is 24.3 Å². The average molecular weight is 341 g/mol. The first kappa shape index (κ1) is 19.3. The van der Waals surface area contributed by atoms with Gasteiger partial charge in [-0.2, -0.15) is 0 Å². The molecule has 0 aromatic heterocycles. The fraction of sp³-hybridized carbons (Fsp3) is 0.500. The molecular weight excluding hydrogens is 316 g/mol. The molecule has 1 saturated heterocycles. The van der Waals surface area contributed by atoms with Gasteiger partial charge < -0.3 is 21.3 Å². The number of halogens is 1. The van der Waals surface area contributed by atoms with Gasteiger partial charge in [-0.1, -0.05) is 24.3 Å². The van der Waals surface area contributed by atoms with Crippen LogP contribution in [0.5, 0.6) is 0 Å². The molecule has 0 radical (unpaired) electrons. The SMILES string of the molecule is Cc1ccccc1C(CC(=O)N1CCNC[C@@H]1C)NC(N)=O.Cl. The minimum Gasteiger partial charge on any atom is -0.352 e. The van der Waals surface area contributed by atoms with Crippen LogP contribution in [0.4, 0.5) is 4.79 Å². The molecule has 1 aromatic rings. The molecule has 7 heteroatoms. The Kier molecular flexibility index (Phi) is 7.32. The van der Waals surface area contributed by atoms with Crippen molar-refractivity contribution in [3.63, 3.8) is 0 Å². The quantitative estimate of drug-likeness (QED) is 0.772. The predicted molar refractivity (Wildman–Crippen MR) is 92.5 cm³/mol. The summed E-state index contributed by atoms with van der Waals surface area (Å²) < 4.78 is 0. The summed E-state index contributed by atoms with van der Waals surface area (Å²) in [5, 5.41) is 5.96. The Morgan fingerprint density at radius 2 is 2.13 bits per heavy atom. The first-order valence-electron chi connectivity index (χ1n) is 7.60. The molecule has 3 amide bonds. The van der Waals surface area contributed by atoms with E-state index in [1.54, 1.807) is 0 Å². The van der Waals surface area contributed by atoms with Crippen molar-refractivity contribution in [3.05, 3.63) is 35.4 Å². The van der Waals surface area contributed by atoms with Crippen LogP contribution in [0.25, 0.3) is 0 Å². The lowest BCUT2D eigenvalue weighted by molar-refractivity contribution is -0.134. The number of nitrogens with zero attached hydrogens (tertiary/aromatic N) is 1. The number of piperazine rings is 1. The molecule has 6 nitrogen and oxygen atoms in total. The summed E-state index contributed by atoms with van der Waals surface area (Å²) in [6.07, 6.45) is 0.220. The van der Waals surface area contributed by atoms with E-state index in [4.69, 9.17) is 5.73 Å². The van der Waals surface area contributed by atoms with Crippen molar-refractivity contribution in [3.8, 4) is 0 Å². The first-order chi connectivity index (χ1) is 10.5. The van der Waals surface area contributed by atoms with E-state index in [0.717, 1.165) is 24.2 Å². The van der Waals surface area contributed by atoms with Gasteiger partial charge in [-0.15, -0.1) is 12.4 Å². The monoisotopic (exact) mass is 340 g/mol. The molecule has 128 valence electrons. The molecule has 0 aliphatic carbocycles. The zero-order valence-electron chi connectivity index (χ0n) is 13.5. The molecule has 1 aliphatic rings. The summed E-state index contributed by atoms with van der Waals surface area (Å²) in [5.41, 5.74) is 7.24. The molecule has 1 aliphatic heterocycles. The lowest BCUT2D eigenvalue weighted by Crippen LogP contribution is -2.53. The third-order valence-electron chi connectivity index (χ3n) is 4.08. The van der Waals surface area contributed by atoms with E-state index in [1.807, 2.05) is 43.0 Å². The summed E-state index contributed by atoms with van der Waals surface area (Å²) in [6, 6.07) is 6.86. The van der Waals surface area contributed by atoms with E-state index in [2.05, 4.69) is 10.6 Å². The highest BCUT2D eigenvalue weighted by molar-refractivity contribution is 5.85. The summed E-state index contributed by atoms with van der Waals surface area (Å²) in [5.74, 6) is 0.0380. The third kappa shape index (κ3) is 5.11. The average Bonchev–Trinajstić information content (AvgIpc) is 2.47. The molecule has 2 rings (SSSR count). The van der Waals surface area contributed by atoms with E-state index in [0.29, 0.717) is 6.54 Å². The summed E-state index contributed by atoms with van der Waals surface area (Å²) in [4.78, 5) is 25.7. The topological polar surface area (TPSA) is 87.5 Å². The lowest BCUT2D eigenvalue weighted by Gasteiger charge is -2.35. The van der Waals surface area contributed by atoms with Gasteiger partial charge in [0, 0.05) is 25.7 Å². The number of amides is 3. The number of primary amides is 1. The number of nitrogens with two attached hydrogens (primary N) is 1. The highest BCUT2D eigenvalue weighted by atomic mass is 35.5. The Bertz CT molecular complexity index is 553. The zero-order valence-corrected chi connectivity index (χ0v) is 14.4. The van der Waals surface area contributed by atoms with Crippen LogP contribution in [0.15, 0.2) is 24.3 Å². The lowest BCUT2D eigenvalue weighted by atomic mass is 9.98. The second-order valence-electron chi connectivity index (χ2n) is 5.76. The second-order valence-corrected chi connectivity index (χ2v) is 5.76. The van der Waals surface area contributed by atoms with Crippen molar-refractivity contribution in [1.82, 2.24) is 15.5 Å². The number of carbonyl (C=O) groups is 2. The minimum absolute atomic E-state index is 0. The molecule has 1 fully saturated rings. The Balaban J connectivity index is 0.00000264. The molecule has 23 heavy (non-hydrogen) atoms.